The molecule has 0 radical (unpaired) electrons. The minimum atomic E-state index is -0.259. The number of thiazole rings is 1. The molecule has 0 aliphatic heterocycles. The molecule has 33 heavy (non-hydrogen) atoms. The van der Waals surface area contributed by atoms with Gasteiger partial charge in [0.25, 0.3) is 5.56 Å². The van der Waals surface area contributed by atoms with E-state index in [-0.39, 0.29) is 17.2 Å². The van der Waals surface area contributed by atoms with E-state index in [2.05, 4.69) is 31.3 Å². The lowest BCUT2D eigenvalue weighted by molar-refractivity contribution is -0.113. The molecule has 3 aromatic heterocycles. The van der Waals surface area contributed by atoms with Gasteiger partial charge in [-0.05, 0) is 13.0 Å². The van der Waals surface area contributed by atoms with Crippen LogP contribution in [0, 0.1) is 6.92 Å². The number of aryl methyl sites for hydroxylation is 1. The Morgan fingerprint density at radius 1 is 1.03 bits per heavy atom. The van der Waals surface area contributed by atoms with Crippen LogP contribution in [0.15, 0.2) is 76.0 Å². The molecule has 5 rings (SSSR count). The number of carbonyl (C=O) groups is 1. The number of aromatic amines is 2. The van der Waals surface area contributed by atoms with E-state index in [0.29, 0.717) is 16.0 Å². The maximum Gasteiger partial charge on any atom is 0.252 e. The molecule has 0 spiro atoms. The largest absolute Gasteiger partial charge is 0.358 e. The first-order chi connectivity index (χ1) is 16.1. The number of fused-ring (bicyclic) bond motifs is 1. The standard InChI is InChI=1S/C24H19N5O2S2/c1-14-22(16-9-5-6-10-17(16)25-14)19-12-32-24(27-19)29-21(31)13-33-23-26-18(11-20(30)28-23)15-7-3-2-4-8-15/h2-12,25H,13H2,1H3,(H,26,28,30)(H,27,29,31). The van der Waals surface area contributed by atoms with Gasteiger partial charge in [-0.2, -0.15) is 0 Å². The zero-order valence-corrected chi connectivity index (χ0v) is 19.2. The van der Waals surface area contributed by atoms with E-state index in [1.807, 2.05) is 60.8 Å². The molecule has 0 unspecified atom stereocenters. The number of hydrogen-bond donors (Lipinski definition) is 3. The Kier molecular flexibility index (Phi) is 5.80. The molecule has 3 heterocycles. The Hall–Kier alpha value is -3.69. The maximum absolute atomic E-state index is 12.5. The molecule has 0 aliphatic carbocycles. The molecule has 0 atom stereocenters. The summed E-state index contributed by atoms with van der Waals surface area (Å²) in [5, 5.41) is 6.80. The highest BCUT2D eigenvalue weighted by Crippen LogP contribution is 2.33. The van der Waals surface area contributed by atoms with Crippen LogP contribution in [-0.2, 0) is 4.79 Å². The van der Waals surface area contributed by atoms with Gasteiger partial charge >= 0.3 is 0 Å². The smallest absolute Gasteiger partial charge is 0.252 e. The number of nitrogens with zero attached hydrogens (tertiary/aromatic N) is 2. The van der Waals surface area contributed by atoms with Gasteiger partial charge in [-0.1, -0.05) is 60.3 Å². The summed E-state index contributed by atoms with van der Waals surface area (Å²) in [6.45, 7) is 2.01. The van der Waals surface area contributed by atoms with Gasteiger partial charge in [0.05, 0.1) is 17.1 Å². The van der Waals surface area contributed by atoms with Crippen molar-refractivity contribution >= 4 is 45.0 Å². The van der Waals surface area contributed by atoms with Crippen molar-refractivity contribution in [2.45, 2.75) is 12.1 Å². The first-order valence-electron chi connectivity index (χ1n) is 10.2. The van der Waals surface area contributed by atoms with Gasteiger partial charge in [-0.25, -0.2) is 9.97 Å². The van der Waals surface area contributed by atoms with Crippen molar-refractivity contribution in [3.8, 4) is 22.5 Å². The van der Waals surface area contributed by atoms with Crippen molar-refractivity contribution in [3.05, 3.63) is 82.1 Å². The van der Waals surface area contributed by atoms with E-state index < -0.39 is 0 Å². The number of thioether (sulfide) groups is 1. The summed E-state index contributed by atoms with van der Waals surface area (Å²) >= 11 is 2.55. The predicted molar refractivity (Wildman–Crippen MR) is 134 cm³/mol. The second-order valence-corrected chi connectivity index (χ2v) is 9.17. The molecule has 2 aromatic carbocycles. The lowest BCUT2D eigenvalue weighted by Gasteiger charge is -2.04. The molecular weight excluding hydrogens is 454 g/mol. The highest BCUT2D eigenvalue weighted by atomic mass is 32.2. The van der Waals surface area contributed by atoms with Gasteiger partial charge in [0.15, 0.2) is 10.3 Å². The summed E-state index contributed by atoms with van der Waals surface area (Å²) < 4.78 is 0. The fraction of sp³-hybridized carbons (Fsp3) is 0.0833. The van der Waals surface area contributed by atoms with Crippen molar-refractivity contribution in [3.63, 3.8) is 0 Å². The molecule has 0 saturated carbocycles. The minimum Gasteiger partial charge on any atom is -0.358 e. The lowest BCUT2D eigenvalue weighted by atomic mass is 10.1. The highest BCUT2D eigenvalue weighted by molar-refractivity contribution is 7.99. The summed E-state index contributed by atoms with van der Waals surface area (Å²) in [6.07, 6.45) is 0. The van der Waals surface area contributed by atoms with E-state index in [4.69, 9.17) is 0 Å². The second kappa shape index (κ2) is 9.05. The van der Waals surface area contributed by atoms with Crippen molar-refractivity contribution < 1.29 is 4.79 Å². The van der Waals surface area contributed by atoms with Gasteiger partial charge in [-0.15, -0.1) is 11.3 Å². The van der Waals surface area contributed by atoms with Crippen LogP contribution in [0.5, 0.6) is 0 Å². The molecule has 0 fully saturated rings. The molecule has 164 valence electrons. The fourth-order valence-corrected chi connectivity index (χ4v) is 5.00. The van der Waals surface area contributed by atoms with Crippen molar-refractivity contribution in [2.75, 3.05) is 11.1 Å². The number of nitrogens with one attached hydrogen (secondary N) is 3. The number of hydrogen-bond acceptors (Lipinski definition) is 6. The average Bonchev–Trinajstić information content (AvgIpc) is 3.40. The summed E-state index contributed by atoms with van der Waals surface area (Å²) in [5.41, 5.74) is 5.10. The maximum atomic E-state index is 12.5. The van der Waals surface area contributed by atoms with E-state index >= 15 is 0 Å². The molecule has 7 nitrogen and oxygen atoms in total. The number of amides is 1. The Bertz CT molecular complexity index is 1500. The van der Waals surface area contributed by atoms with Gasteiger partial charge in [0.2, 0.25) is 5.91 Å². The van der Waals surface area contributed by atoms with Crippen LogP contribution in [0.4, 0.5) is 5.13 Å². The van der Waals surface area contributed by atoms with Crippen LogP contribution in [0.3, 0.4) is 0 Å². The Labute approximate surface area is 197 Å². The van der Waals surface area contributed by atoms with E-state index in [0.717, 1.165) is 33.4 Å². The monoisotopic (exact) mass is 473 g/mol. The SMILES string of the molecule is Cc1[nH]c2ccccc2c1-c1csc(NC(=O)CSc2nc(-c3ccccc3)cc(=O)[nH]2)n1. The fourth-order valence-electron chi connectivity index (χ4n) is 3.60. The first kappa shape index (κ1) is 21.2. The Balaban J connectivity index is 1.27. The topological polar surface area (TPSA) is 104 Å². The number of benzene rings is 2. The van der Waals surface area contributed by atoms with Gasteiger partial charge in [0, 0.05) is 39.2 Å². The zero-order valence-electron chi connectivity index (χ0n) is 17.6. The third-order valence-electron chi connectivity index (χ3n) is 5.03. The van der Waals surface area contributed by atoms with E-state index in [1.54, 1.807) is 0 Å². The van der Waals surface area contributed by atoms with Crippen LogP contribution >= 0.6 is 23.1 Å². The summed E-state index contributed by atoms with van der Waals surface area (Å²) in [4.78, 5) is 39.7. The summed E-state index contributed by atoms with van der Waals surface area (Å²) in [6, 6.07) is 19.0. The summed E-state index contributed by atoms with van der Waals surface area (Å²) in [7, 11) is 0. The van der Waals surface area contributed by atoms with Gasteiger partial charge in [0.1, 0.15) is 0 Å². The normalized spacial score (nSPS) is 11.1. The van der Waals surface area contributed by atoms with Crippen LogP contribution in [0.2, 0.25) is 0 Å². The number of para-hydroxylation sites is 1. The third-order valence-corrected chi connectivity index (χ3v) is 6.66. The third kappa shape index (κ3) is 4.59. The first-order valence-corrected chi connectivity index (χ1v) is 12.1. The van der Waals surface area contributed by atoms with Crippen LogP contribution in [-0.4, -0.2) is 31.6 Å². The molecule has 0 saturated heterocycles. The Morgan fingerprint density at radius 2 is 1.82 bits per heavy atom. The Morgan fingerprint density at radius 3 is 2.67 bits per heavy atom. The lowest BCUT2D eigenvalue weighted by Crippen LogP contribution is -2.15. The molecule has 3 N–H and O–H groups in total. The number of carbonyl (C=O) groups excluding carboxylic acids is 1. The van der Waals surface area contributed by atoms with Crippen molar-refractivity contribution in [1.29, 1.82) is 0 Å². The molecule has 0 bridgehead atoms. The van der Waals surface area contributed by atoms with Crippen LogP contribution < -0.4 is 10.9 Å². The van der Waals surface area contributed by atoms with Crippen LogP contribution in [0.25, 0.3) is 33.4 Å². The molecule has 9 heteroatoms. The average molecular weight is 474 g/mol. The zero-order chi connectivity index (χ0) is 22.8. The number of anilines is 1. The highest BCUT2D eigenvalue weighted by Gasteiger charge is 2.15. The minimum absolute atomic E-state index is 0.0994. The van der Waals surface area contributed by atoms with Crippen molar-refractivity contribution in [2.24, 2.45) is 0 Å². The van der Waals surface area contributed by atoms with Crippen LogP contribution in [0.1, 0.15) is 5.69 Å². The van der Waals surface area contributed by atoms with Gasteiger partial charge < -0.3 is 15.3 Å². The summed E-state index contributed by atoms with van der Waals surface area (Å²) in [5.74, 6) is -0.119. The van der Waals surface area contributed by atoms with Crippen molar-refractivity contribution in [1.82, 2.24) is 19.9 Å². The van der Waals surface area contributed by atoms with Gasteiger partial charge in [-0.3, -0.25) is 9.59 Å². The quantitative estimate of drug-likeness (QED) is 0.236. The number of rotatable bonds is 6. The predicted octanol–water partition coefficient (Wildman–Crippen LogP) is 5.08. The second-order valence-electron chi connectivity index (χ2n) is 7.35. The molecule has 1 amide bonds. The van der Waals surface area contributed by atoms with E-state index in [1.165, 1.54) is 29.2 Å². The number of H-pyrrole nitrogens is 2. The molecular formula is C24H19N5O2S2. The number of aromatic nitrogens is 4. The van der Waals surface area contributed by atoms with E-state index in [9.17, 15) is 9.59 Å². The molecule has 0 aliphatic rings. The molecule has 5 aromatic rings.